The maximum Gasteiger partial charge on any atom is 0.191 e. The molecule has 25 heavy (non-hydrogen) atoms. The first-order valence-corrected chi connectivity index (χ1v) is 9.86. The normalized spacial score (nSPS) is 20.6. The van der Waals surface area contributed by atoms with Gasteiger partial charge in [-0.05, 0) is 32.1 Å². The van der Waals surface area contributed by atoms with Crippen LogP contribution in [0.1, 0.15) is 26.2 Å². The van der Waals surface area contributed by atoms with E-state index < -0.39 is 0 Å². The molecule has 0 spiro atoms. The number of nitrogens with zero attached hydrogens (tertiary/aromatic N) is 2. The van der Waals surface area contributed by atoms with Crippen molar-refractivity contribution in [3.63, 3.8) is 0 Å². The topological polar surface area (TPSA) is 67.4 Å². The molecule has 0 amide bonds. The Bertz CT molecular complexity index is 356. The van der Waals surface area contributed by atoms with Gasteiger partial charge in [-0.3, -0.25) is 9.89 Å². The van der Waals surface area contributed by atoms with Crippen LogP contribution in [0.2, 0.25) is 0 Å². The van der Waals surface area contributed by atoms with E-state index in [1.54, 1.807) is 0 Å². The molecule has 7 heteroatoms. The van der Waals surface area contributed by atoms with Crippen molar-refractivity contribution in [2.45, 2.75) is 26.2 Å². The van der Waals surface area contributed by atoms with Crippen molar-refractivity contribution in [2.75, 3.05) is 78.9 Å². The van der Waals surface area contributed by atoms with Gasteiger partial charge in [0.25, 0.3) is 0 Å². The Morgan fingerprint density at radius 2 is 1.88 bits per heavy atom. The second-order valence-corrected chi connectivity index (χ2v) is 6.63. The lowest BCUT2D eigenvalue weighted by Crippen LogP contribution is -2.44. The largest absolute Gasteiger partial charge is 0.381 e. The van der Waals surface area contributed by atoms with E-state index in [0.717, 1.165) is 104 Å². The van der Waals surface area contributed by atoms with E-state index in [2.05, 4.69) is 27.4 Å². The summed E-state index contributed by atoms with van der Waals surface area (Å²) >= 11 is 0. The molecule has 0 saturated carbocycles. The predicted octanol–water partition coefficient (Wildman–Crippen LogP) is 0.707. The van der Waals surface area contributed by atoms with Crippen LogP contribution in [0.3, 0.4) is 0 Å². The van der Waals surface area contributed by atoms with E-state index in [1.165, 1.54) is 0 Å². The molecule has 2 N–H and O–H groups in total. The van der Waals surface area contributed by atoms with Gasteiger partial charge in [-0.15, -0.1) is 0 Å². The molecule has 0 bridgehead atoms. The smallest absolute Gasteiger partial charge is 0.191 e. The molecule has 0 unspecified atom stereocenters. The van der Waals surface area contributed by atoms with Gasteiger partial charge >= 0.3 is 0 Å². The van der Waals surface area contributed by atoms with E-state index >= 15 is 0 Å². The monoisotopic (exact) mass is 356 g/mol. The van der Waals surface area contributed by atoms with Gasteiger partial charge in [0.05, 0.1) is 13.2 Å². The standard InChI is InChI=1S/C18H36N4O3/c1-2-19-18(21-7-8-22-9-14-24-15-10-22)20-6-3-11-25-16-17-4-12-23-13-5-17/h17H,2-16H2,1H3,(H2,19,20,21). The second kappa shape index (κ2) is 13.3. The first-order valence-electron chi connectivity index (χ1n) is 9.86. The molecular formula is C18H36N4O3. The number of hydrogen-bond acceptors (Lipinski definition) is 5. The third kappa shape index (κ3) is 9.39. The Morgan fingerprint density at radius 3 is 2.64 bits per heavy atom. The Balaban J connectivity index is 1.51. The minimum atomic E-state index is 0.677. The fraction of sp³-hybridized carbons (Fsp3) is 0.944. The summed E-state index contributed by atoms with van der Waals surface area (Å²) in [6, 6.07) is 0. The van der Waals surface area contributed by atoms with Crippen LogP contribution < -0.4 is 10.6 Å². The SMILES string of the molecule is CCNC(=NCCCOCC1CCOCC1)NCCN1CCOCC1. The summed E-state index contributed by atoms with van der Waals surface area (Å²) in [5.41, 5.74) is 0. The number of aliphatic imine (C=N–C) groups is 1. The minimum absolute atomic E-state index is 0.677. The van der Waals surface area contributed by atoms with Gasteiger partial charge in [-0.2, -0.15) is 0 Å². The summed E-state index contributed by atoms with van der Waals surface area (Å²) < 4.78 is 16.5. The molecule has 0 aromatic rings. The van der Waals surface area contributed by atoms with E-state index in [0.29, 0.717) is 5.92 Å². The first-order chi connectivity index (χ1) is 12.4. The molecule has 146 valence electrons. The van der Waals surface area contributed by atoms with Crippen LogP contribution in [0.4, 0.5) is 0 Å². The van der Waals surface area contributed by atoms with Crippen molar-refractivity contribution in [1.82, 2.24) is 15.5 Å². The third-order valence-electron chi connectivity index (χ3n) is 4.58. The average Bonchev–Trinajstić information content (AvgIpc) is 2.66. The molecule has 0 atom stereocenters. The van der Waals surface area contributed by atoms with E-state index in [9.17, 15) is 0 Å². The van der Waals surface area contributed by atoms with E-state index in [4.69, 9.17) is 14.2 Å². The van der Waals surface area contributed by atoms with E-state index in [1.807, 2.05) is 0 Å². The van der Waals surface area contributed by atoms with Crippen LogP contribution in [-0.4, -0.2) is 89.8 Å². The van der Waals surface area contributed by atoms with Gasteiger partial charge in [-0.25, -0.2) is 0 Å². The zero-order valence-corrected chi connectivity index (χ0v) is 15.8. The summed E-state index contributed by atoms with van der Waals surface area (Å²) in [5, 5.41) is 6.72. The van der Waals surface area contributed by atoms with Crippen molar-refractivity contribution in [3.05, 3.63) is 0 Å². The molecule has 0 aromatic heterocycles. The Morgan fingerprint density at radius 1 is 1.12 bits per heavy atom. The fourth-order valence-electron chi connectivity index (χ4n) is 3.02. The molecule has 2 aliphatic heterocycles. The lowest BCUT2D eigenvalue weighted by molar-refractivity contribution is 0.0205. The Kier molecular flexibility index (Phi) is 10.9. The highest BCUT2D eigenvalue weighted by Crippen LogP contribution is 2.14. The van der Waals surface area contributed by atoms with E-state index in [-0.39, 0.29) is 0 Å². The minimum Gasteiger partial charge on any atom is -0.381 e. The zero-order valence-electron chi connectivity index (χ0n) is 15.8. The molecule has 2 rings (SSSR count). The quantitative estimate of drug-likeness (QED) is 0.341. The molecule has 2 heterocycles. The van der Waals surface area contributed by atoms with Crippen LogP contribution in [0.25, 0.3) is 0 Å². The van der Waals surface area contributed by atoms with Gasteiger partial charge in [0.1, 0.15) is 0 Å². The first kappa shape index (κ1) is 20.4. The maximum absolute atomic E-state index is 5.79. The highest BCUT2D eigenvalue weighted by atomic mass is 16.5. The van der Waals surface area contributed by atoms with Gasteiger partial charge in [0, 0.05) is 65.7 Å². The number of rotatable bonds is 10. The van der Waals surface area contributed by atoms with Gasteiger partial charge in [0.2, 0.25) is 0 Å². The van der Waals surface area contributed by atoms with Gasteiger partial charge in [0.15, 0.2) is 5.96 Å². The molecule has 2 aliphatic rings. The van der Waals surface area contributed by atoms with Crippen molar-refractivity contribution in [1.29, 1.82) is 0 Å². The summed E-state index contributed by atoms with van der Waals surface area (Å²) in [5.74, 6) is 1.58. The highest BCUT2D eigenvalue weighted by Gasteiger charge is 2.13. The summed E-state index contributed by atoms with van der Waals surface area (Å²) in [7, 11) is 0. The molecule has 2 fully saturated rings. The van der Waals surface area contributed by atoms with Crippen LogP contribution in [0, 0.1) is 5.92 Å². The number of hydrogen-bond donors (Lipinski definition) is 2. The van der Waals surface area contributed by atoms with Crippen molar-refractivity contribution < 1.29 is 14.2 Å². The van der Waals surface area contributed by atoms with Crippen molar-refractivity contribution in [3.8, 4) is 0 Å². The van der Waals surface area contributed by atoms with Crippen molar-refractivity contribution in [2.24, 2.45) is 10.9 Å². The number of ether oxygens (including phenoxy) is 3. The Hall–Kier alpha value is -0.890. The average molecular weight is 357 g/mol. The van der Waals surface area contributed by atoms with Crippen LogP contribution in [0.15, 0.2) is 4.99 Å². The second-order valence-electron chi connectivity index (χ2n) is 6.63. The molecule has 0 aliphatic carbocycles. The van der Waals surface area contributed by atoms with Gasteiger partial charge < -0.3 is 24.8 Å². The Labute approximate surface area is 152 Å². The highest BCUT2D eigenvalue weighted by molar-refractivity contribution is 5.79. The van der Waals surface area contributed by atoms with Crippen LogP contribution >= 0.6 is 0 Å². The molecule has 0 aromatic carbocycles. The third-order valence-corrected chi connectivity index (χ3v) is 4.58. The summed E-state index contributed by atoms with van der Waals surface area (Å²) in [6.07, 6.45) is 3.23. The van der Waals surface area contributed by atoms with Gasteiger partial charge in [-0.1, -0.05) is 0 Å². The lowest BCUT2D eigenvalue weighted by Gasteiger charge is -2.26. The van der Waals surface area contributed by atoms with Crippen LogP contribution in [0.5, 0.6) is 0 Å². The maximum atomic E-state index is 5.79. The zero-order chi connectivity index (χ0) is 17.6. The van der Waals surface area contributed by atoms with Crippen LogP contribution in [-0.2, 0) is 14.2 Å². The van der Waals surface area contributed by atoms with Crippen molar-refractivity contribution >= 4 is 5.96 Å². The lowest BCUT2D eigenvalue weighted by atomic mass is 10.0. The predicted molar refractivity (Wildman–Crippen MR) is 100 cm³/mol. The summed E-state index contributed by atoms with van der Waals surface area (Å²) in [6.45, 7) is 12.9. The number of nitrogens with one attached hydrogen (secondary N) is 2. The fourth-order valence-corrected chi connectivity index (χ4v) is 3.02. The molecule has 7 nitrogen and oxygen atoms in total. The molecule has 0 radical (unpaired) electrons. The molecular weight excluding hydrogens is 320 g/mol. The number of guanidine groups is 1. The number of morpholine rings is 1. The molecule has 2 saturated heterocycles. The summed E-state index contributed by atoms with van der Waals surface area (Å²) in [4.78, 5) is 7.05.